The van der Waals surface area contributed by atoms with Crippen molar-refractivity contribution in [1.29, 1.82) is 0 Å². The summed E-state index contributed by atoms with van der Waals surface area (Å²) in [5, 5.41) is 0. The van der Waals surface area contributed by atoms with Gasteiger partial charge in [0.15, 0.2) is 12.1 Å². The molecule has 3 fully saturated rings. The van der Waals surface area contributed by atoms with Gasteiger partial charge in [-0.3, -0.25) is 0 Å². The summed E-state index contributed by atoms with van der Waals surface area (Å²) in [4.78, 5) is 12.9. The van der Waals surface area contributed by atoms with Crippen molar-refractivity contribution in [1.82, 2.24) is 0 Å². The van der Waals surface area contributed by atoms with Gasteiger partial charge < -0.3 is 23.7 Å². The summed E-state index contributed by atoms with van der Waals surface area (Å²) in [6.45, 7) is 4.14. The van der Waals surface area contributed by atoms with Crippen LogP contribution in [0, 0.1) is 11.8 Å². The number of carbonyl (C=O) groups is 1. The summed E-state index contributed by atoms with van der Waals surface area (Å²) < 4.78 is 32.0. The second-order valence-corrected chi connectivity index (χ2v) is 9.96. The summed E-state index contributed by atoms with van der Waals surface area (Å²) >= 11 is 2.37. The second kappa shape index (κ2) is 7.60. The van der Waals surface area contributed by atoms with E-state index >= 15 is 0 Å². The first-order valence-electron chi connectivity index (χ1n) is 10.1. The number of allylic oxidation sites excluding steroid dienone is 1. The number of hydrogen-bond acceptors (Lipinski definition) is 6. The Morgan fingerprint density at radius 2 is 1.93 bits per heavy atom. The van der Waals surface area contributed by atoms with Crippen LogP contribution in [0.4, 0.5) is 0 Å². The van der Waals surface area contributed by atoms with E-state index in [-0.39, 0.29) is 36.1 Å². The minimum absolute atomic E-state index is 0.0661. The van der Waals surface area contributed by atoms with Gasteiger partial charge in [-0.25, -0.2) is 4.79 Å². The normalized spacial score (nSPS) is 40.2. The van der Waals surface area contributed by atoms with Gasteiger partial charge in [0.1, 0.15) is 18.3 Å². The minimum Gasteiger partial charge on any atom is -0.455 e. The molecule has 0 amide bonds. The molecule has 1 aliphatic carbocycles. The Balaban J connectivity index is 1.46. The van der Waals surface area contributed by atoms with E-state index in [0.717, 1.165) is 12.8 Å². The average molecular weight is 512 g/mol. The lowest BCUT2D eigenvalue weighted by molar-refractivity contribution is -0.368. The van der Waals surface area contributed by atoms with Gasteiger partial charge in [-0.15, -0.1) is 0 Å². The van der Waals surface area contributed by atoms with Crippen LogP contribution in [0.15, 0.2) is 40.0 Å². The van der Waals surface area contributed by atoms with E-state index in [1.807, 2.05) is 32.0 Å². The van der Waals surface area contributed by atoms with Gasteiger partial charge in [-0.1, -0.05) is 24.3 Å². The van der Waals surface area contributed by atoms with Crippen molar-refractivity contribution in [2.45, 2.75) is 63.2 Å². The van der Waals surface area contributed by atoms with E-state index < -0.39 is 18.2 Å². The lowest BCUT2D eigenvalue weighted by Gasteiger charge is -2.49. The summed E-state index contributed by atoms with van der Waals surface area (Å²) in [5.74, 6) is -0.923. The standard InChI is InChI=1S/C22H25IO6/c1-22(2)25-11-16-18(29-22)19(28-20(24)12-6-4-3-5-7-12)17-14-9-8-13(23)10-15(14)26-21(17)27-16/h3-8,14-19,21H,9-11H2,1-2H3/t14-,15-,16-,17-,18-,19-,21+/m1/s1. The molecular weight excluding hydrogens is 487 g/mol. The number of carbonyl (C=O) groups excluding carboxylic acids is 1. The molecule has 0 aromatic heterocycles. The van der Waals surface area contributed by atoms with Gasteiger partial charge in [0.25, 0.3) is 0 Å². The Hall–Kier alpha value is -1.00. The van der Waals surface area contributed by atoms with Crippen LogP contribution in [0.5, 0.6) is 0 Å². The van der Waals surface area contributed by atoms with Gasteiger partial charge in [-0.05, 0) is 58.6 Å². The van der Waals surface area contributed by atoms with Crippen LogP contribution in [0.25, 0.3) is 0 Å². The highest BCUT2D eigenvalue weighted by Crippen LogP contribution is 2.50. The van der Waals surface area contributed by atoms with E-state index in [4.69, 9.17) is 23.7 Å². The monoisotopic (exact) mass is 512 g/mol. The summed E-state index contributed by atoms with van der Waals surface area (Å²) in [6.07, 6.45) is 2.52. The maximum atomic E-state index is 12.9. The summed E-state index contributed by atoms with van der Waals surface area (Å²) in [7, 11) is 0. The van der Waals surface area contributed by atoms with Gasteiger partial charge >= 0.3 is 5.97 Å². The molecule has 0 spiro atoms. The quantitative estimate of drug-likeness (QED) is 0.444. The highest BCUT2D eigenvalue weighted by molar-refractivity contribution is 14.1. The lowest BCUT2D eigenvalue weighted by Crippen LogP contribution is -2.63. The number of hydrogen-bond donors (Lipinski definition) is 0. The zero-order chi connectivity index (χ0) is 20.2. The Morgan fingerprint density at radius 3 is 2.72 bits per heavy atom. The predicted octanol–water partition coefficient (Wildman–Crippen LogP) is 3.83. The van der Waals surface area contributed by atoms with Crippen molar-refractivity contribution in [3.63, 3.8) is 0 Å². The third-order valence-corrected chi connectivity index (χ3v) is 7.13. The third kappa shape index (κ3) is 3.76. The van der Waals surface area contributed by atoms with Gasteiger partial charge in [0, 0.05) is 12.3 Å². The van der Waals surface area contributed by atoms with Crippen LogP contribution < -0.4 is 0 Å². The summed E-state index contributed by atoms with van der Waals surface area (Å²) in [5.41, 5.74) is 0.534. The van der Waals surface area contributed by atoms with E-state index in [0.29, 0.717) is 12.2 Å². The first-order valence-corrected chi connectivity index (χ1v) is 11.2. The molecule has 1 aromatic rings. The van der Waals surface area contributed by atoms with Gasteiger partial charge in [0.05, 0.1) is 24.2 Å². The summed E-state index contributed by atoms with van der Waals surface area (Å²) in [6, 6.07) is 9.09. The first-order chi connectivity index (χ1) is 13.9. The van der Waals surface area contributed by atoms with E-state index in [2.05, 4.69) is 28.7 Å². The molecular formula is C22H25IO6. The van der Waals surface area contributed by atoms with Crippen molar-refractivity contribution in [2.75, 3.05) is 6.61 Å². The average Bonchev–Trinajstić information content (AvgIpc) is 3.05. The molecule has 5 rings (SSSR count). The van der Waals surface area contributed by atoms with Crippen molar-refractivity contribution >= 4 is 28.6 Å². The molecule has 6 nitrogen and oxygen atoms in total. The SMILES string of the molecule is CC1(C)OC[C@H]2O[C@@H]3O[C@@H]4CC(I)=CC[C@H]4[C@@H]3[C@@H](OC(=O)c3ccccc3)[C@@H]2O1. The second-order valence-electron chi connectivity index (χ2n) is 8.58. The number of halogens is 1. The van der Waals surface area contributed by atoms with Crippen LogP contribution in [0.2, 0.25) is 0 Å². The molecule has 0 unspecified atom stereocenters. The van der Waals surface area contributed by atoms with Crippen molar-refractivity contribution in [3.8, 4) is 0 Å². The Kier molecular flexibility index (Phi) is 5.23. The van der Waals surface area contributed by atoms with Gasteiger partial charge in [0.2, 0.25) is 0 Å². The van der Waals surface area contributed by atoms with E-state index in [9.17, 15) is 4.79 Å². The van der Waals surface area contributed by atoms with E-state index in [1.165, 1.54) is 3.58 Å². The molecule has 29 heavy (non-hydrogen) atoms. The number of ether oxygens (including phenoxy) is 5. The molecule has 0 saturated carbocycles. The number of benzene rings is 1. The number of esters is 1. The lowest BCUT2D eigenvalue weighted by atomic mass is 9.76. The zero-order valence-corrected chi connectivity index (χ0v) is 18.6. The molecule has 7 heteroatoms. The number of fused-ring (bicyclic) bond motifs is 4. The minimum atomic E-state index is -0.754. The fourth-order valence-electron chi connectivity index (χ4n) is 4.90. The van der Waals surface area contributed by atoms with Gasteiger partial charge in [-0.2, -0.15) is 0 Å². The fraction of sp³-hybridized carbons (Fsp3) is 0.591. The van der Waals surface area contributed by atoms with Crippen molar-refractivity contribution < 1.29 is 28.5 Å². The molecule has 0 radical (unpaired) electrons. The molecule has 0 N–H and O–H groups in total. The van der Waals surface area contributed by atoms with Crippen LogP contribution in [-0.4, -0.2) is 49.1 Å². The number of rotatable bonds is 2. The molecule has 7 atom stereocenters. The highest BCUT2D eigenvalue weighted by Gasteiger charge is 2.60. The maximum absolute atomic E-state index is 12.9. The molecule has 0 bridgehead atoms. The molecule has 4 aliphatic rings. The topological polar surface area (TPSA) is 63.2 Å². The maximum Gasteiger partial charge on any atom is 0.338 e. The molecule has 156 valence electrons. The van der Waals surface area contributed by atoms with Crippen LogP contribution >= 0.6 is 22.6 Å². The van der Waals surface area contributed by atoms with Crippen LogP contribution in [0.3, 0.4) is 0 Å². The van der Waals surface area contributed by atoms with Crippen molar-refractivity contribution in [2.24, 2.45) is 11.8 Å². The fourth-order valence-corrected chi connectivity index (χ4v) is 5.58. The Morgan fingerprint density at radius 1 is 1.17 bits per heavy atom. The predicted molar refractivity (Wildman–Crippen MR) is 112 cm³/mol. The third-order valence-electron chi connectivity index (χ3n) is 6.25. The molecule has 1 aromatic carbocycles. The molecule has 3 saturated heterocycles. The zero-order valence-electron chi connectivity index (χ0n) is 16.5. The highest BCUT2D eigenvalue weighted by atomic mass is 127. The smallest absolute Gasteiger partial charge is 0.338 e. The van der Waals surface area contributed by atoms with Crippen molar-refractivity contribution in [3.05, 3.63) is 45.6 Å². The first kappa shape index (κ1) is 19.9. The largest absolute Gasteiger partial charge is 0.455 e. The Bertz CT molecular complexity index is 809. The molecule has 3 heterocycles. The van der Waals surface area contributed by atoms with Crippen LogP contribution in [-0.2, 0) is 23.7 Å². The van der Waals surface area contributed by atoms with Crippen LogP contribution in [0.1, 0.15) is 37.0 Å². The molecule has 3 aliphatic heterocycles. The Labute approximate surface area is 184 Å². The van der Waals surface area contributed by atoms with E-state index in [1.54, 1.807) is 12.1 Å².